The SMILES string of the molecule is CC(C)Nc1ncccc1C(=O)Nc1nncn1Cc1ccccc1. The number of benzene rings is 1. The average Bonchev–Trinajstić information content (AvgIpc) is 3.02. The zero-order valence-electron chi connectivity index (χ0n) is 14.2. The third-order valence-electron chi connectivity index (χ3n) is 3.51. The Hall–Kier alpha value is -3.22. The van der Waals surface area contributed by atoms with Gasteiger partial charge in [0.05, 0.1) is 12.1 Å². The van der Waals surface area contributed by atoms with E-state index >= 15 is 0 Å². The highest BCUT2D eigenvalue weighted by Crippen LogP contribution is 2.15. The zero-order valence-corrected chi connectivity index (χ0v) is 14.2. The van der Waals surface area contributed by atoms with E-state index in [-0.39, 0.29) is 11.9 Å². The normalized spacial score (nSPS) is 10.7. The molecule has 2 N–H and O–H groups in total. The van der Waals surface area contributed by atoms with E-state index in [1.807, 2.05) is 44.2 Å². The van der Waals surface area contributed by atoms with Crippen molar-refractivity contribution in [2.75, 3.05) is 10.6 Å². The third kappa shape index (κ3) is 4.20. The number of nitrogens with zero attached hydrogens (tertiary/aromatic N) is 4. The minimum atomic E-state index is -0.279. The fraction of sp³-hybridized carbons (Fsp3) is 0.222. The Labute approximate surface area is 146 Å². The van der Waals surface area contributed by atoms with Crippen LogP contribution in [-0.2, 0) is 6.54 Å². The maximum Gasteiger partial charge on any atom is 0.261 e. The molecule has 0 unspecified atom stereocenters. The lowest BCUT2D eigenvalue weighted by Gasteiger charge is -2.13. The van der Waals surface area contributed by atoms with E-state index in [1.54, 1.807) is 29.2 Å². The van der Waals surface area contributed by atoms with Gasteiger partial charge in [0.25, 0.3) is 5.91 Å². The third-order valence-corrected chi connectivity index (χ3v) is 3.51. The van der Waals surface area contributed by atoms with Crippen LogP contribution in [0.15, 0.2) is 55.0 Å². The van der Waals surface area contributed by atoms with Crippen LogP contribution in [-0.4, -0.2) is 31.7 Å². The Bertz CT molecular complexity index is 844. The molecule has 0 spiro atoms. The van der Waals surface area contributed by atoms with Crippen LogP contribution in [0.5, 0.6) is 0 Å². The fourth-order valence-electron chi connectivity index (χ4n) is 2.39. The summed E-state index contributed by atoms with van der Waals surface area (Å²) >= 11 is 0. The van der Waals surface area contributed by atoms with Crippen molar-refractivity contribution in [3.8, 4) is 0 Å². The van der Waals surface area contributed by atoms with Crippen molar-refractivity contribution >= 4 is 17.7 Å². The first kappa shape index (κ1) is 16.6. The van der Waals surface area contributed by atoms with Crippen molar-refractivity contribution in [2.24, 2.45) is 0 Å². The molecule has 0 bridgehead atoms. The van der Waals surface area contributed by atoms with Crippen LogP contribution in [0.2, 0.25) is 0 Å². The molecular weight excluding hydrogens is 316 g/mol. The summed E-state index contributed by atoms with van der Waals surface area (Å²) in [6, 6.07) is 13.6. The predicted octanol–water partition coefficient (Wildman–Crippen LogP) is 2.79. The Balaban J connectivity index is 1.78. The number of nitrogens with one attached hydrogen (secondary N) is 2. The highest BCUT2D eigenvalue weighted by atomic mass is 16.1. The first-order chi connectivity index (χ1) is 12.1. The van der Waals surface area contributed by atoms with E-state index in [0.29, 0.717) is 23.9 Å². The molecule has 7 nitrogen and oxygen atoms in total. The molecule has 7 heteroatoms. The van der Waals surface area contributed by atoms with Gasteiger partial charge in [0.15, 0.2) is 0 Å². The van der Waals surface area contributed by atoms with Gasteiger partial charge in [0.2, 0.25) is 5.95 Å². The van der Waals surface area contributed by atoms with Crippen LogP contribution < -0.4 is 10.6 Å². The second-order valence-corrected chi connectivity index (χ2v) is 5.92. The van der Waals surface area contributed by atoms with Gasteiger partial charge >= 0.3 is 0 Å². The summed E-state index contributed by atoms with van der Waals surface area (Å²) < 4.78 is 1.79. The van der Waals surface area contributed by atoms with Gasteiger partial charge < -0.3 is 5.32 Å². The molecule has 1 amide bonds. The molecule has 3 rings (SSSR count). The van der Waals surface area contributed by atoms with E-state index in [2.05, 4.69) is 25.8 Å². The lowest BCUT2D eigenvalue weighted by atomic mass is 10.2. The highest BCUT2D eigenvalue weighted by Gasteiger charge is 2.16. The molecule has 0 saturated heterocycles. The molecular formula is C18H20N6O. The summed E-state index contributed by atoms with van der Waals surface area (Å²) in [5.74, 6) is 0.663. The van der Waals surface area contributed by atoms with Gasteiger partial charge in [-0.2, -0.15) is 0 Å². The molecule has 2 heterocycles. The zero-order chi connectivity index (χ0) is 17.6. The molecule has 3 aromatic rings. The number of aromatic nitrogens is 4. The summed E-state index contributed by atoms with van der Waals surface area (Å²) in [7, 11) is 0. The van der Waals surface area contributed by atoms with E-state index in [9.17, 15) is 4.79 Å². The van der Waals surface area contributed by atoms with Crippen molar-refractivity contribution in [3.63, 3.8) is 0 Å². The molecule has 128 valence electrons. The van der Waals surface area contributed by atoms with Gasteiger partial charge in [0, 0.05) is 12.2 Å². The summed E-state index contributed by atoms with van der Waals surface area (Å²) in [6.45, 7) is 4.56. The first-order valence-electron chi connectivity index (χ1n) is 8.08. The van der Waals surface area contributed by atoms with Crippen LogP contribution in [0.25, 0.3) is 0 Å². The number of anilines is 2. The minimum Gasteiger partial charge on any atom is -0.367 e. The lowest BCUT2D eigenvalue weighted by molar-refractivity contribution is 0.102. The first-order valence-corrected chi connectivity index (χ1v) is 8.08. The van der Waals surface area contributed by atoms with Gasteiger partial charge in [-0.25, -0.2) is 4.98 Å². The van der Waals surface area contributed by atoms with Crippen molar-refractivity contribution in [3.05, 3.63) is 66.1 Å². The fourth-order valence-corrected chi connectivity index (χ4v) is 2.39. The summed E-state index contributed by atoms with van der Waals surface area (Å²) in [5, 5.41) is 13.9. The number of amides is 1. The maximum atomic E-state index is 12.6. The van der Waals surface area contributed by atoms with Crippen LogP contribution in [0.3, 0.4) is 0 Å². The number of carbonyl (C=O) groups is 1. The van der Waals surface area contributed by atoms with Crippen LogP contribution in [0.4, 0.5) is 11.8 Å². The molecule has 1 aromatic carbocycles. The maximum absolute atomic E-state index is 12.6. The van der Waals surface area contributed by atoms with E-state index in [1.165, 1.54) is 0 Å². The van der Waals surface area contributed by atoms with E-state index < -0.39 is 0 Å². The van der Waals surface area contributed by atoms with Gasteiger partial charge in [-0.05, 0) is 31.5 Å². The van der Waals surface area contributed by atoms with Crippen LogP contribution in [0, 0.1) is 0 Å². The topological polar surface area (TPSA) is 84.7 Å². The molecule has 0 aliphatic rings. The minimum absolute atomic E-state index is 0.170. The summed E-state index contributed by atoms with van der Waals surface area (Å²) in [4.78, 5) is 16.9. The molecule has 0 fully saturated rings. The Morgan fingerprint density at radius 1 is 1.16 bits per heavy atom. The largest absolute Gasteiger partial charge is 0.367 e. The Kier molecular flexibility index (Phi) is 5.03. The highest BCUT2D eigenvalue weighted by molar-refractivity contribution is 6.06. The number of rotatable bonds is 6. The summed E-state index contributed by atoms with van der Waals surface area (Å²) in [5.41, 5.74) is 1.56. The Morgan fingerprint density at radius 2 is 1.96 bits per heavy atom. The molecule has 0 aliphatic carbocycles. The summed E-state index contributed by atoms with van der Waals surface area (Å²) in [6.07, 6.45) is 3.25. The number of pyridine rings is 1. The Morgan fingerprint density at radius 3 is 2.72 bits per heavy atom. The molecule has 0 saturated carbocycles. The monoisotopic (exact) mass is 336 g/mol. The lowest BCUT2D eigenvalue weighted by Crippen LogP contribution is -2.20. The standard InChI is InChI=1S/C18H20N6O/c1-13(2)21-16-15(9-6-10-19-16)17(25)22-18-23-20-12-24(18)11-14-7-4-3-5-8-14/h3-10,12-13H,11H2,1-2H3,(H,19,21)(H,22,23,25). The van der Waals surface area contributed by atoms with Crippen molar-refractivity contribution in [2.45, 2.75) is 26.4 Å². The van der Waals surface area contributed by atoms with E-state index in [0.717, 1.165) is 5.56 Å². The van der Waals surface area contributed by atoms with Crippen LogP contribution in [0.1, 0.15) is 29.8 Å². The number of carbonyl (C=O) groups excluding carboxylic acids is 1. The van der Waals surface area contributed by atoms with Crippen LogP contribution >= 0.6 is 0 Å². The molecule has 0 radical (unpaired) electrons. The van der Waals surface area contributed by atoms with Gasteiger partial charge in [-0.1, -0.05) is 30.3 Å². The molecule has 2 aromatic heterocycles. The van der Waals surface area contributed by atoms with Crippen molar-refractivity contribution < 1.29 is 4.79 Å². The smallest absolute Gasteiger partial charge is 0.261 e. The number of hydrogen-bond acceptors (Lipinski definition) is 5. The van der Waals surface area contributed by atoms with Gasteiger partial charge in [-0.3, -0.25) is 14.7 Å². The second kappa shape index (κ2) is 7.57. The molecule has 0 atom stereocenters. The predicted molar refractivity (Wildman–Crippen MR) is 96.5 cm³/mol. The van der Waals surface area contributed by atoms with E-state index in [4.69, 9.17) is 0 Å². The number of hydrogen-bond donors (Lipinski definition) is 2. The quantitative estimate of drug-likeness (QED) is 0.723. The molecule has 0 aliphatic heterocycles. The van der Waals surface area contributed by atoms with Crippen molar-refractivity contribution in [1.29, 1.82) is 0 Å². The van der Waals surface area contributed by atoms with Crippen molar-refractivity contribution in [1.82, 2.24) is 19.7 Å². The van der Waals surface area contributed by atoms with Gasteiger partial charge in [-0.15, -0.1) is 10.2 Å². The average molecular weight is 336 g/mol. The van der Waals surface area contributed by atoms with Gasteiger partial charge in [0.1, 0.15) is 12.1 Å². The second-order valence-electron chi connectivity index (χ2n) is 5.92. The molecule has 25 heavy (non-hydrogen) atoms.